The molecular weight excluding hydrogens is 234 g/mol. The molecule has 108 valence electrons. The Labute approximate surface area is 117 Å². The van der Waals surface area contributed by atoms with Gasteiger partial charge in [0.15, 0.2) is 0 Å². The molecule has 0 amide bonds. The third kappa shape index (κ3) is 2.14. The van der Waals surface area contributed by atoms with Gasteiger partial charge >= 0.3 is 0 Å². The SMILES string of the molecule is CC1CN2CCCC2CN1C1CCN2CCCCC12. The van der Waals surface area contributed by atoms with Gasteiger partial charge < -0.3 is 0 Å². The van der Waals surface area contributed by atoms with E-state index in [0.29, 0.717) is 0 Å². The summed E-state index contributed by atoms with van der Waals surface area (Å²) >= 11 is 0. The lowest BCUT2D eigenvalue weighted by molar-refractivity contribution is 0.0103. The summed E-state index contributed by atoms with van der Waals surface area (Å²) in [6.07, 6.45) is 8.68. The van der Waals surface area contributed by atoms with Crippen LogP contribution in [0.4, 0.5) is 0 Å². The van der Waals surface area contributed by atoms with Crippen LogP contribution in [0.25, 0.3) is 0 Å². The average Bonchev–Trinajstić information content (AvgIpc) is 3.03. The molecule has 0 saturated carbocycles. The van der Waals surface area contributed by atoms with Gasteiger partial charge in [-0.3, -0.25) is 14.7 Å². The summed E-state index contributed by atoms with van der Waals surface area (Å²) in [7, 11) is 0. The van der Waals surface area contributed by atoms with Crippen LogP contribution in [0.3, 0.4) is 0 Å². The molecule has 4 atom stereocenters. The van der Waals surface area contributed by atoms with Crippen LogP contribution in [0.15, 0.2) is 0 Å². The molecule has 4 unspecified atom stereocenters. The molecular formula is C16H29N3. The zero-order chi connectivity index (χ0) is 12.8. The maximum absolute atomic E-state index is 2.91. The molecule has 0 aliphatic carbocycles. The Morgan fingerprint density at radius 3 is 2.58 bits per heavy atom. The Balaban J connectivity index is 1.48. The van der Waals surface area contributed by atoms with Gasteiger partial charge in [-0.25, -0.2) is 0 Å². The number of piperidine rings is 1. The van der Waals surface area contributed by atoms with Crippen molar-refractivity contribution < 1.29 is 0 Å². The zero-order valence-electron chi connectivity index (χ0n) is 12.4. The van der Waals surface area contributed by atoms with E-state index in [0.717, 1.165) is 24.2 Å². The molecule has 0 aromatic carbocycles. The van der Waals surface area contributed by atoms with E-state index in [4.69, 9.17) is 0 Å². The molecule has 4 fully saturated rings. The highest BCUT2D eigenvalue weighted by Gasteiger charge is 2.44. The molecule has 4 aliphatic rings. The quantitative estimate of drug-likeness (QED) is 0.714. The van der Waals surface area contributed by atoms with Crippen molar-refractivity contribution in [3.8, 4) is 0 Å². The molecule has 4 aliphatic heterocycles. The van der Waals surface area contributed by atoms with Crippen molar-refractivity contribution in [3.05, 3.63) is 0 Å². The Morgan fingerprint density at radius 2 is 1.63 bits per heavy atom. The van der Waals surface area contributed by atoms with E-state index in [1.54, 1.807) is 0 Å². The third-order valence-electron chi connectivity index (χ3n) is 6.23. The molecule has 19 heavy (non-hydrogen) atoms. The van der Waals surface area contributed by atoms with Crippen LogP contribution < -0.4 is 0 Å². The lowest BCUT2D eigenvalue weighted by Crippen LogP contribution is -2.60. The van der Waals surface area contributed by atoms with E-state index >= 15 is 0 Å². The molecule has 0 spiro atoms. The number of nitrogens with zero attached hydrogens (tertiary/aromatic N) is 3. The largest absolute Gasteiger partial charge is 0.299 e. The minimum absolute atomic E-state index is 0.779. The van der Waals surface area contributed by atoms with Crippen LogP contribution in [-0.4, -0.2) is 71.6 Å². The fraction of sp³-hybridized carbons (Fsp3) is 1.00. The van der Waals surface area contributed by atoms with E-state index in [1.165, 1.54) is 71.2 Å². The molecule has 0 radical (unpaired) electrons. The summed E-state index contributed by atoms with van der Waals surface area (Å²) in [5.74, 6) is 0. The maximum Gasteiger partial charge on any atom is 0.0267 e. The highest BCUT2D eigenvalue weighted by Crippen LogP contribution is 2.34. The Hall–Kier alpha value is -0.120. The number of hydrogen-bond acceptors (Lipinski definition) is 3. The summed E-state index contributed by atoms with van der Waals surface area (Å²) < 4.78 is 0. The van der Waals surface area contributed by atoms with E-state index in [9.17, 15) is 0 Å². The van der Waals surface area contributed by atoms with E-state index in [1.807, 2.05) is 0 Å². The molecule has 0 N–H and O–H groups in total. The van der Waals surface area contributed by atoms with Gasteiger partial charge in [0.05, 0.1) is 0 Å². The van der Waals surface area contributed by atoms with Crippen LogP contribution in [0.5, 0.6) is 0 Å². The molecule has 4 saturated heterocycles. The average molecular weight is 263 g/mol. The Morgan fingerprint density at radius 1 is 0.737 bits per heavy atom. The first kappa shape index (κ1) is 12.6. The van der Waals surface area contributed by atoms with Gasteiger partial charge in [0.1, 0.15) is 0 Å². The van der Waals surface area contributed by atoms with Crippen molar-refractivity contribution in [2.24, 2.45) is 0 Å². The van der Waals surface area contributed by atoms with Crippen molar-refractivity contribution in [1.82, 2.24) is 14.7 Å². The van der Waals surface area contributed by atoms with Crippen molar-refractivity contribution in [1.29, 1.82) is 0 Å². The Kier molecular flexibility index (Phi) is 3.33. The van der Waals surface area contributed by atoms with E-state index in [-0.39, 0.29) is 0 Å². The van der Waals surface area contributed by atoms with Crippen LogP contribution >= 0.6 is 0 Å². The highest BCUT2D eigenvalue weighted by atomic mass is 15.4. The molecule has 4 rings (SSSR count). The van der Waals surface area contributed by atoms with Gasteiger partial charge in [-0.1, -0.05) is 6.42 Å². The second-order valence-electron chi connectivity index (χ2n) is 7.29. The molecule has 0 aromatic heterocycles. The highest BCUT2D eigenvalue weighted by molar-refractivity contribution is 5.00. The van der Waals surface area contributed by atoms with E-state index in [2.05, 4.69) is 21.6 Å². The number of piperazine rings is 1. The van der Waals surface area contributed by atoms with Crippen molar-refractivity contribution in [3.63, 3.8) is 0 Å². The predicted molar refractivity (Wildman–Crippen MR) is 78.4 cm³/mol. The van der Waals surface area contributed by atoms with Crippen LogP contribution in [-0.2, 0) is 0 Å². The second-order valence-corrected chi connectivity index (χ2v) is 7.29. The minimum atomic E-state index is 0.779. The van der Waals surface area contributed by atoms with Gasteiger partial charge in [-0.2, -0.15) is 0 Å². The normalized spacial score (nSPS) is 45.3. The molecule has 0 bridgehead atoms. The van der Waals surface area contributed by atoms with Crippen LogP contribution in [0.2, 0.25) is 0 Å². The molecule has 3 heteroatoms. The summed E-state index contributed by atoms with van der Waals surface area (Å²) in [6.45, 7) is 9.26. The number of hydrogen-bond donors (Lipinski definition) is 0. The fourth-order valence-corrected chi connectivity index (χ4v) is 5.28. The minimum Gasteiger partial charge on any atom is -0.299 e. The third-order valence-corrected chi connectivity index (χ3v) is 6.23. The van der Waals surface area contributed by atoms with Gasteiger partial charge in [0.25, 0.3) is 0 Å². The van der Waals surface area contributed by atoms with Gasteiger partial charge in [-0.15, -0.1) is 0 Å². The number of rotatable bonds is 1. The predicted octanol–water partition coefficient (Wildman–Crippen LogP) is 1.78. The summed E-state index contributed by atoms with van der Waals surface area (Å²) in [4.78, 5) is 8.46. The van der Waals surface area contributed by atoms with Gasteiger partial charge in [-0.05, 0) is 52.1 Å². The Bertz CT molecular complexity index is 332. The summed E-state index contributed by atoms with van der Waals surface area (Å²) in [5.41, 5.74) is 0. The summed E-state index contributed by atoms with van der Waals surface area (Å²) in [6, 6.07) is 3.43. The molecule has 3 nitrogen and oxygen atoms in total. The second kappa shape index (κ2) is 5.01. The first-order chi connectivity index (χ1) is 9.33. The van der Waals surface area contributed by atoms with Gasteiger partial charge in [0, 0.05) is 43.8 Å². The first-order valence-electron chi connectivity index (χ1n) is 8.57. The van der Waals surface area contributed by atoms with Gasteiger partial charge in [0.2, 0.25) is 0 Å². The lowest BCUT2D eigenvalue weighted by atomic mass is 9.95. The monoisotopic (exact) mass is 263 g/mol. The first-order valence-corrected chi connectivity index (χ1v) is 8.57. The van der Waals surface area contributed by atoms with Crippen LogP contribution in [0.1, 0.15) is 45.4 Å². The molecule has 0 aromatic rings. The van der Waals surface area contributed by atoms with Crippen molar-refractivity contribution in [2.75, 3.05) is 32.7 Å². The zero-order valence-corrected chi connectivity index (χ0v) is 12.4. The standard InChI is InChI=1S/C16H29N3/c1-13-11-18-9-4-5-14(18)12-19(13)16-7-10-17-8-3-2-6-15(16)17/h13-16H,2-12H2,1H3. The lowest BCUT2D eigenvalue weighted by Gasteiger charge is -2.47. The van der Waals surface area contributed by atoms with E-state index < -0.39 is 0 Å². The smallest absolute Gasteiger partial charge is 0.0267 e. The molecule has 4 heterocycles. The van der Waals surface area contributed by atoms with Crippen molar-refractivity contribution >= 4 is 0 Å². The topological polar surface area (TPSA) is 9.72 Å². The van der Waals surface area contributed by atoms with Crippen molar-refractivity contribution in [2.45, 2.75) is 69.6 Å². The number of fused-ring (bicyclic) bond motifs is 2. The maximum atomic E-state index is 2.91. The summed E-state index contributed by atoms with van der Waals surface area (Å²) in [5, 5.41) is 0. The van der Waals surface area contributed by atoms with Crippen LogP contribution in [0, 0.1) is 0 Å². The fourth-order valence-electron chi connectivity index (χ4n) is 5.28.